The summed E-state index contributed by atoms with van der Waals surface area (Å²) in [6, 6.07) is 4.42. The quantitative estimate of drug-likeness (QED) is 0.836. The Balaban J connectivity index is 1.45. The summed E-state index contributed by atoms with van der Waals surface area (Å²) in [7, 11) is 0. The predicted molar refractivity (Wildman–Crippen MR) is 94.5 cm³/mol. The van der Waals surface area contributed by atoms with Gasteiger partial charge in [-0.1, -0.05) is 13.8 Å². The summed E-state index contributed by atoms with van der Waals surface area (Å²) in [5.41, 5.74) is 1.60. The molecule has 1 aromatic carbocycles. The molecule has 2 atom stereocenters. The fourth-order valence-corrected chi connectivity index (χ4v) is 6.98. The Morgan fingerprint density at radius 3 is 2.60 bits per heavy atom. The van der Waals surface area contributed by atoms with Crippen molar-refractivity contribution in [1.29, 1.82) is 0 Å². The Bertz CT molecular complexity index is 870. The van der Waals surface area contributed by atoms with Gasteiger partial charge in [0.2, 0.25) is 11.9 Å². The van der Waals surface area contributed by atoms with Gasteiger partial charge >= 0.3 is 0 Å². The van der Waals surface area contributed by atoms with Gasteiger partial charge < -0.3 is 4.98 Å². The summed E-state index contributed by atoms with van der Waals surface area (Å²) in [6.45, 7) is 4.73. The number of hydrogen-bond donors (Lipinski definition) is 2. The van der Waals surface area contributed by atoms with Crippen LogP contribution in [0.4, 0.5) is 10.3 Å². The number of H-pyrrole nitrogens is 1. The van der Waals surface area contributed by atoms with Crippen molar-refractivity contribution >= 4 is 22.9 Å². The van der Waals surface area contributed by atoms with Gasteiger partial charge in [0.15, 0.2) is 0 Å². The third-order valence-electron chi connectivity index (χ3n) is 6.78. The van der Waals surface area contributed by atoms with E-state index in [0.717, 1.165) is 19.3 Å². The molecule has 25 heavy (non-hydrogen) atoms. The van der Waals surface area contributed by atoms with Crippen molar-refractivity contribution in [2.45, 2.75) is 52.4 Å². The summed E-state index contributed by atoms with van der Waals surface area (Å²) in [5.74, 6) is 0.878. The maximum Gasteiger partial charge on any atom is 0.232 e. The topological polar surface area (TPSA) is 57.8 Å². The monoisotopic (exact) mass is 341 g/mol. The normalized spacial score (nSPS) is 39.1. The highest BCUT2D eigenvalue weighted by molar-refractivity contribution is 5.95. The van der Waals surface area contributed by atoms with Crippen LogP contribution < -0.4 is 5.32 Å². The molecule has 0 spiro atoms. The smallest absolute Gasteiger partial charge is 0.232 e. The summed E-state index contributed by atoms with van der Waals surface area (Å²) >= 11 is 0. The largest absolute Gasteiger partial charge is 0.324 e. The Kier molecular flexibility index (Phi) is 2.84. The lowest BCUT2D eigenvalue weighted by molar-refractivity contribution is -0.165. The van der Waals surface area contributed by atoms with Crippen molar-refractivity contribution < 1.29 is 9.18 Å². The maximum absolute atomic E-state index is 13.4. The number of aromatic nitrogens is 2. The lowest BCUT2D eigenvalue weighted by Gasteiger charge is -2.64. The van der Waals surface area contributed by atoms with Gasteiger partial charge in [-0.3, -0.25) is 10.1 Å². The molecule has 0 saturated heterocycles. The third kappa shape index (κ3) is 2.31. The van der Waals surface area contributed by atoms with Crippen molar-refractivity contribution in [2.24, 2.45) is 22.2 Å². The second-order valence-electron chi connectivity index (χ2n) is 9.61. The first kappa shape index (κ1) is 15.4. The summed E-state index contributed by atoms with van der Waals surface area (Å²) in [6.07, 6.45) is 6.73. The summed E-state index contributed by atoms with van der Waals surface area (Å²) in [4.78, 5) is 20.7. The third-order valence-corrected chi connectivity index (χ3v) is 6.78. The number of benzene rings is 1. The average Bonchev–Trinajstić information content (AvgIpc) is 2.84. The van der Waals surface area contributed by atoms with E-state index in [2.05, 4.69) is 29.1 Å². The zero-order chi connectivity index (χ0) is 17.4. The Hall–Kier alpha value is -1.91. The molecule has 2 aromatic rings. The summed E-state index contributed by atoms with van der Waals surface area (Å²) < 4.78 is 13.4. The summed E-state index contributed by atoms with van der Waals surface area (Å²) in [5, 5.41) is 3.01. The van der Waals surface area contributed by atoms with E-state index < -0.39 is 0 Å². The van der Waals surface area contributed by atoms with E-state index in [1.165, 1.54) is 31.4 Å². The lowest BCUT2D eigenvalue weighted by atomic mass is 9.40. The number of rotatable bonds is 2. The molecule has 132 valence electrons. The molecule has 4 saturated carbocycles. The van der Waals surface area contributed by atoms with E-state index in [1.807, 2.05) is 0 Å². The highest BCUT2D eigenvalue weighted by Crippen LogP contribution is 2.69. The van der Waals surface area contributed by atoms with E-state index in [0.29, 0.717) is 33.7 Å². The second-order valence-corrected chi connectivity index (χ2v) is 9.61. The number of anilines is 1. The Labute approximate surface area is 146 Å². The van der Waals surface area contributed by atoms with E-state index in [-0.39, 0.29) is 17.1 Å². The van der Waals surface area contributed by atoms with Gasteiger partial charge in [0.25, 0.3) is 0 Å². The van der Waals surface area contributed by atoms with Crippen LogP contribution in [-0.2, 0) is 4.79 Å². The van der Waals surface area contributed by atoms with Crippen molar-refractivity contribution in [3.05, 3.63) is 24.0 Å². The number of nitrogens with zero attached hydrogens (tertiary/aromatic N) is 1. The number of fused-ring (bicyclic) bond motifs is 1. The Morgan fingerprint density at radius 1 is 1.20 bits per heavy atom. The molecule has 5 heteroatoms. The van der Waals surface area contributed by atoms with Crippen LogP contribution in [0.25, 0.3) is 11.0 Å². The fourth-order valence-electron chi connectivity index (χ4n) is 6.98. The highest BCUT2D eigenvalue weighted by Gasteiger charge is 2.62. The van der Waals surface area contributed by atoms with Gasteiger partial charge in [0.1, 0.15) is 5.82 Å². The molecule has 6 rings (SSSR count). The Morgan fingerprint density at radius 2 is 1.92 bits per heavy atom. The lowest BCUT2D eigenvalue weighted by Crippen LogP contribution is -2.58. The molecule has 4 aliphatic rings. The van der Waals surface area contributed by atoms with Crippen LogP contribution in [0, 0.1) is 28.0 Å². The van der Waals surface area contributed by atoms with Crippen LogP contribution in [0.1, 0.15) is 52.4 Å². The van der Waals surface area contributed by atoms with E-state index in [9.17, 15) is 9.18 Å². The number of nitrogens with one attached hydrogen (secondary N) is 2. The first-order valence-corrected chi connectivity index (χ1v) is 9.24. The molecule has 1 aromatic heterocycles. The number of halogens is 1. The van der Waals surface area contributed by atoms with Crippen molar-refractivity contribution in [1.82, 2.24) is 9.97 Å². The molecule has 1 heterocycles. The van der Waals surface area contributed by atoms with Gasteiger partial charge in [-0.05, 0) is 73.5 Å². The van der Waals surface area contributed by atoms with E-state index in [4.69, 9.17) is 0 Å². The number of carbonyl (C=O) groups is 1. The average molecular weight is 341 g/mol. The molecule has 4 fully saturated rings. The first-order chi connectivity index (χ1) is 11.8. The number of imidazole rings is 1. The van der Waals surface area contributed by atoms with Gasteiger partial charge in [-0.2, -0.15) is 0 Å². The second kappa shape index (κ2) is 4.63. The molecular formula is C20H24FN3O. The van der Waals surface area contributed by atoms with Crippen molar-refractivity contribution in [3.8, 4) is 0 Å². The highest BCUT2D eigenvalue weighted by atomic mass is 19.1. The number of hydrogen-bond acceptors (Lipinski definition) is 2. The minimum Gasteiger partial charge on any atom is -0.324 e. The van der Waals surface area contributed by atoms with Gasteiger partial charge in [0.05, 0.1) is 16.4 Å². The van der Waals surface area contributed by atoms with Crippen molar-refractivity contribution in [3.63, 3.8) is 0 Å². The molecule has 2 N–H and O–H groups in total. The molecular weight excluding hydrogens is 317 g/mol. The SMILES string of the molecule is CC12CC3CC(C)(C1)CC(C(=O)Nc1nc4ccc(F)cc4[nH]1)(C3)C2. The molecule has 1 amide bonds. The molecule has 0 aliphatic heterocycles. The van der Waals surface area contributed by atoms with Crippen LogP contribution in [0.3, 0.4) is 0 Å². The van der Waals surface area contributed by atoms with Crippen LogP contribution in [0.15, 0.2) is 18.2 Å². The van der Waals surface area contributed by atoms with E-state index >= 15 is 0 Å². The van der Waals surface area contributed by atoms with Crippen LogP contribution in [0.5, 0.6) is 0 Å². The van der Waals surface area contributed by atoms with Crippen LogP contribution in [-0.4, -0.2) is 15.9 Å². The number of carbonyl (C=O) groups excluding carboxylic acids is 1. The maximum atomic E-state index is 13.4. The molecule has 4 nitrogen and oxygen atoms in total. The standard InChI is InChI=1S/C20H24FN3O/c1-18-6-12-7-19(2,9-18)11-20(8-12,10-18)16(25)24-17-22-14-4-3-13(21)5-15(14)23-17/h3-5,12H,6-11H2,1-2H3,(H2,22,23,24,25). The van der Waals surface area contributed by atoms with Crippen molar-refractivity contribution in [2.75, 3.05) is 5.32 Å². The minimum absolute atomic E-state index is 0.0913. The van der Waals surface area contributed by atoms with E-state index in [1.54, 1.807) is 6.07 Å². The molecule has 2 unspecified atom stereocenters. The minimum atomic E-state index is -0.309. The first-order valence-electron chi connectivity index (χ1n) is 9.24. The van der Waals surface area contributed by atoms with Gasteiger partial charge in [-0.25, -0.2) is 9.37 Å². The zero-order valence-electron chi connectivity index (χ0n) is 14.8. The number of aromatic amines is 1. The zero-order valence-corrected chi connectivity index (χ0v) is 14.8. The van der Waals surface area contributed by atoms with Gasteiger partial charge in [0, 0.05) is 0 Å². The molecule has 4 bridgehead atoms. The predicted octanol–water partition coefficient (Wildman–Crippen LogP) is 4.64. The molecule has 4 aliphatic carbocycles. The molecule has 0 radical (unpaired) electrons. The van der Waals surface area contributed by atoms with Crippen LogP contribution >= 0.6 is 0 Å². The fraction of sp³-hybridized carbons (Fsp3) is 0.600. The number of amides is 1. The van der Waals surface area contributed by atoms with Gasteiger partial charge in [-0.15, -0.1) is 0 Å². The van der Waals surface area contributed by atoms with Crippen LogP contribution in [0.2, 0.25) is 0 Å².